The summed E-state index contributed by atoms with van der Waals surface area (Å²) < 4.78 is 4.62. The predicted octanol–water partition coefficient (Wildman–Crippen LogP) is 2.39. The lowest BCUT2D eigenvalue weighted by Gasteiger charge is -2.25. The fourth-order valence-corrected chi connectivity index (χ4v) is 2.12. The molecule has 0 unspecified atom stereocenters. The lowest BCUT2D eigenvalue weighted by molar-refractivity contribution is -0.139. The number of anilines is 1. The van der Waals surface area contributed by atoms with Gasteiger partial charge in [0.25, 0.3) is 0 Å². The van der Waals surface area contributed by atoms with Crippen LogP contribution in [0.5, 0.6) is 0 Å². The number of thiol groups is 1. The lowest BCUT2D eigenvalue weighted by atomic mass is 10.1. The summed E-state index contributed by atoms with van der Waals surface area (Å²) in [6.07, 6.45) is 0. The quantitative estimate of drug-likeness (QED) is 0.686. The second-order valence-corrected chi connectivity index (χ2v) is 4.78. The minimum atomic E-state index is -0.492. The maximum absolute atomic E-state index is 12.0. The highest BCUT2D eigenvalue weighted by molar-refractivity contribution is 7.81. The molecule has 1 aromatic rings. The zero-order chi connectivity index (χ0) is 14.6. The third kappa shape index (κ3) is 3.64. The van der Waals surface area contributed by atoms with Crippen LogP contribution >= 0.6 is 24.2 Å². The van der Waals surface area contributed by atoms with Crippen LogP contribution in [0.2, 0.25) is 5.02 Å². The van der Waals surface area contributed by atoms with Gasteiger partial charge in [-0.3, -0.25) is 14.5 Å². The number of ether oxygens (including phenoxy) is 1. The molecular weight excluding hydrogens is 286 g/mol. The van der Waals surface area contributed by atoms with Gasteiger partial charge in [0.1, 0.15) is 6.54 Å². The largest absolute Gasteiger partial charge is 0.468 e. The van der Waals surface area contributed by atoms with Gasteiger partial charge in [-0.2, -0.15) is 12.6 Å². The molecule has 1 amide bonds. The van der Waals surface area contributed by atoms with Crippen molar-refractivity contribution in [2.45, 2.75) is 13.8 Å². The molecule has 4 nitrogen and oxygen atoms in total. The van der Waals surface area contributed by atoms with Crippen molar-refractivity contribution in [2.24, 2.45) is 0 Å². The van der Waals surface area contributed by atoms with E-state index in [4.69, 9.17) is 11.6 Å². The Morgan fingerprint density at radius 1 is 1.37 bits per heavy atom. The van der Waals surface area contributed by atoms with Gasteiger partial charge in [-0.25, -0.2) is 0 Å². The Morgan fingerprint density at radius 3 is 2.53 bits per heavy atom. The molecule has 0 aliphatic carbocycles. The van der Waals surface area contributed by atoms with Crippen LogP contribution in [0.25, 0.3) is 0 Å². The maximum Gasteiger partial charge on any atom is 0.325 e. The maximum atomic E-state index is 12.0. The van der Waals surface area contributed by atoms with E-state index < -0.39 is 5.97 Å². The SMILES string of the molecule is COC(=O)CN(C(=O)CS)c1c(C)ccc(Cl)c1C. The number of carbonyl (C=O) groups excluding carboxylic acids is 2. The number of methoxy groups -OCH3 is 1. The molecule has 0 atom stereocenters. The molecule has 1 rings (SSSR count). The first-order chi connectivity index (χ1) is 8.92. The Bertz CT molecular complexity index is 505. The second-order valence-electron chi connectivity index (χ2n) is 4.05. The third-order valence-electron chi connectivity index (χ3n) is 2.79. The zero-order valence-electron chi connectivity index (χ0n) is 11.1. The lowest BCUT2D eigenvalue weighted by Crippen LogP contribution is -2.38. The van der Waals surface area contributed by atoms with Crippen LogP contribution in [-0.4, -0.2) is 31.3 Å². The summed E-state index contributed by atoms with van der Waals surface area (Å²) in [5.41, 5.74) is 2.25. The number of esters is 1. The number of halogens is 1. The van der Waals surface area contributed by atoms with Crippen LogP contribution in [0.15, 0.2) is 12.1 Å². The van der Waals surface area contributed by atoms with E-state index in [0.717, 1.165) is 11.1 Å². The van der Waals surface area contributed by atoms with Crippen LogP contribution in [0.1, 0.15) is 11.1 Å². The molecule has 0 spiro atoms. The molecule has 0 aliphatic heterocycles. The summed E-state index contributed by atoms with van der Waals surface area (Å²) >= 11 is 10.0. The van der Waals surface area contributed by atoms with Gasteiger partial charge in [-0.1, -0.05) is 17.7 Å². The first-order valence-corrected chi connectivity index (χ1v) is 6.67. The van der Waals surface area contributed by atoms with Gasteiger partial charge in [0.05, 0.1) is 18.6 Å². The summed E-state index contributed by atoms with van der Waals surface area (Å²) in [7, 11) is 1.28. The van der Waals surface area contributed by atoms with Crippen LogP contribution in [-0.2, 0) is 14.3 Å². The summed E-state index contributed by atoms with van der Waals surface area (Å²) in [4.78, 5) is 24.8. The number of hydrogen-bond acceptors (Lipinski definition) is 4. The van der Waals surface area contributed by atoms with Crippen LogP contribution in [0, 0.1) is 13.8 Å². The Labute approximate surface area is 123 Å². The molecule has 0 saturated carbocycles. The molecule has 0 saturated heterocycles. The van der Waals surface area contributed by atoms with Crippen molar-refractivity contribution in [1.82, 2.24) is 0 Å². The van der Waals surface area contributed by atoms with Gasteiger partial charge in [0, 0.05) is 5.02 Å². The van der Waals surface area contributed by atoms with E-state index in [-0.39, 0.29) is 18.2 Å². The van der Waals surface area contributed by atoms with Crippen LogP contribution in [0.3, 0.4) is 0 Å². The number of aryl methyl sites for hydroxylation is 1. The van der Waals surface area contributed by atoms with E-state index in [1.54, 1.807) is 19.1 Å². The number of carbonyl (C=O) groups is 2. The van der Waals surface area contributed by atoms with Crippen molar-refractivity contribution in [1.29, 1.82) is 0 Å². The van der Waals surface area contributed by atoms with Gasteiger partial charge in [0.2, 0.25) is 5.91 Å². The van der Waals surface area contributed by atoms with E-state index in [9.17, 15) is 9.59 Å². The number of amides is 1. The molecule has 19 heavy (non-hydrogen) atoms. The molecular formula is C13H16ClNO3S. The van der Waals surface area contributed by atoms with E-state index in [2.05, 4.69) is 17.4 Å². The first kappa shape index (κ1) is 15.9. The van der Waals surface area contributed by atoms with E-state index in [1.807, 2.05) is 6.92 Å². The topological polar surface area (TPSA) is 46.6 Å². The van der Waals surface area contributed by atoms with Crippen molar-refractivity contribution in [3.63, 3.8) is 0 Å². The minimum absolute atomic E-state index is 0.00237. The average molecular weight is 302 g/mol. The summed E-state index contributed by atoms with van der Waals surface area (Å²) in [5, 5.41) is 0.544. The van der Waals surface area contributed by atoms with E-state index in [1.165, 1.54) is 12.0 Å². The highest BCUT2D eigenvalue weighted by atomic mass is 35.5. The predicted molar refractivity (Wildman–Crippen MR) is 79.1 cm³/mol. The van der Waals surface area contributed by atoms with E-state index in [0.29, 0.717) is 10.7 Å². The van der Waals surface area contributed by atoms with Crippen molar-refractivity contribution >= 4 is 41.8 Å². The molecule has 0 heterocycles. The van der Waals surface area contributed by atoms with Gasteiger partial charge in [-0.05, 0) is 31.0 Å². The molecule has 0 fully saturated rings. The van der Waals surface area contributed by atoms with Crippen LogP contribution in [0.4, 0.5) is 5.69 Å². The summed E-state index contributed by atoms with van der Waals surface area (Å²) in [6, 6.07) is 3.57. The van der Waals surface area contributed by atoms with Crippen molar-refractivity contribution in [3.8, 4) is 0 Å². The number of nitrogens with zero attached hydrogens (tertiary/aromatic N) is 1. The summed E-state index contributed by atoms with van der Waals surface area (Å²) in [5.74, 6) is -0.765. The fourth-order valence-electron chi connectivity index (χ4n) is 1.80. The molecule has 1 aromatic carbocycles. The molecule has 0 aliphatic rings. The Morgan fingerprint density at radius 2 is 2.00 bits per heavy atom. The molecule has 0 radical (unpaired) electrons. The molecule has 0 aromatic heterocycles. The number of hydrogen-bond donors (Lipinski definition) is 1. The highest BCUT2D eigenvalue weighted by Gasteiger charge is 2.22. The highest BCUT2D eigenvalue weighted by Crippen LogP contribution is 2.30. The van der Waals surface area contributed by atoms with Crippen molar-refractivity contribution in [2.75, 3.05) is 24.3 Å². The second kappa shape index (κ2) is 6.82. The molecule has 104 valence electrons. The molecule has 0 bridgehead atoms. The van der Waals surface area contributed by atoms with Gasteiger partial charge in [-0.15, -0.1) is 0 Å². The fraction of sp³-hybridized carbons (Fsp3) is 0.385. The van der Waals surface area contributed by atoms with Crippen molar-refractivity contribution in [3.05, 3.63) is 28.3 Å². The van der Waals surface area contributed by atoms with Gasteiger partial charge >= 0.3 is 5.97 Å². The standard InChI is InChI=1S/C13H16ClNO3S/c1-8-4-5-10(14)9(2)13(8)15(11(16)7-19)6-12(17)18-3/h4-5,19H,6-7H2,1-3H3. The Balaban J connectivity index is 3.28. The van der Waals surface area contributed by atoms with Crippen LogP contribution < -0.4 is 4.90 Å². The monoisotopic (exact) mass is 301 g/mol. The first-order valence-electron chi connectivity index (χ1n) is 5.66. The average Bonchev–Trinajstić information content (AvgIpc) is 2.41. The molecule has 6 heteroatoms. The normalized spacial score (nSPS) is 10.2. The van der Waals surface area contributed by atoms with E-state index >= 15 is 0 Å². The van der Waals surface area contributed by atoms with Gasteiger partial charge < -0.3 is 4.74 Å². The smallest absolute Gasteiger partial charge is 0.325 e. The summed E-state index contributed by atoms with van der Waals surface area (Å²) in [6.45, 7) is 3.51. The zero-order valence-corrected chi connectivity index (χ0v) is 12.7. The minimum Gasteiger partial charge on any atom is -0.468 e. The molecule has 0 N–H and O–H groups in total. The Hall–Kier alpha value is -1.20. The van der Waals surface area contributed by atoms with Crippen molar-refractivity contribution < 1.29 is 14.3 Å². The number of rotatable bonds is 4. The Kier molecular flexibility index (Phi) is 5.69. The number of benzene rings is 1. The van der Waals surface area contributed by atoms with Gasteiger partial charge in [0.15, 0.2) is 0 Å². The third-order valence-corrected chi connectivity index (χ3v) is 3.47.